The Kier molecular flexibility index (Phi) is 8.72. The number of rotatable bonds is 10. The maximum Gasteiger partial charge on any atom is 0.225 e. The number of ketones is 1. The highest BCUT2D eigenvalue weighted by Crippen LogP contribution is 2.53. The van der Waals surface area contributed by atoms with Crippen molar-refractivity contribution in [2.75, 3.05) is 52.3 Å². The number of aliphatic hydroxyl groups is 1. The number of likely N-dealkylation sites (N-methyl/N-ethyl adjacent to an activating group) is 1. The third-order valence-corrected chi connectivity index (χ3v) is 7.99. The number of benzene rings is 1. The number of ether oxygens (including phenoxy) is 1. The van der Waals surface area contributed by atoms with E-state index in [0.29, 0.717) is 51.5 Å². The van der Waals surface area contributed by atoms with E-state index in [-0.39, 0.29) is 29.6 Å². The van der Waals surface area contributed by atoms with Crippen LogP contribution in [-0.2, 0) is 9.59 Å². The van der Waals surface area contributed by atoms with Gasteiger partial charge in [0.25, 0.3) is 0 Å². The average Bonchev–Trinajstić information content (AvgIpc) is 2.83. The second-order valence-electron chi connectivity index (χ2n) is 11.3. The lowest BCUT2D eigenvalue weighted by Crippen LogP contribution is -2.64. The molecule has 40 heavy (non-hydrogen) atoms. The minimum absolute atomic E-state index is 0.0649. The fraction of sp³-hybridized carbons (Fsp3) is 0.517. The molecule has 1 aromatic carbocycles. The molecule has 2 aromatic rings. The van der Waals surface area contributed by atoms with E-state index in [1.54, 1.807) is 51.2 Å². The molecule has 1 saturated heterocycles. The first kappa shape index (κ1) is 29.8. The monoisotopic (exact) mass is 570 g/mol. The predicted octanol–water partition coefficient (Wildman–Crippen LogP) is 2.65. The largest absolute Gasteiger partial charge is 0.491 e. The van der Waals surface area contributed by atoms with Gasteiger partial charge < -0.3 is 30.7 Å². The smallest absolute Gasteiger partial charge is 0.225 e. The van der Waals surface area contributed by atoms with E-state index < -0.39 is 6.10 Å². The maximum absolute atomic E-state index is 12.7. The summed E-state index contributed by atoms with van der Waals surface area (Å²) in [4.78, 5) is 38.6. The summed E-state index contributed by atoms with van der Waals surface area (Å²) in [6.45, 7) is 7.08. The molecular formula is C29H39ClN6O4. The van der Waals surface area contributed by atoms with E-state index in [1.807, 2.05) is 6.92 Å². The van der Waals surface area contributed by atoms with E-state index >= 15 is 0 Å². The Morgan fingerprint density at radius 2 is 1.95 bits per heavy atom. The van der Waals surface area contributed by atoms with Crippen molar-refractivity contribution in [3.05, 3.63) is 40.2 Å². The Balaban J connectivity index is 1.69. The van der Waals surface area contributed by atoms with Crippen molar-refractivity contribution in [2.45, 2.75) is 39.7 Å². The third-order valence-electron chi connectivity index (χ3n) is 7.67. The summed E-state index contributed by atoms with van der Waals surface area (Å²) < 4.78 is 5.79. The van der Waals surface area contributed by atoms with Crippen molar-refractivity contribution in [1.82, 2.24) is 20.2 Å². The first-order valence-corrected chi connectivity index (χ1v) is 13.8. The zero-order valence-corrected chi connectivity index (χ0v) is 24.8. The van der Waals surface area contributed by atoms with Crippen LogP contribution in [0.4, 0.5) is 5.82 Å². The number of nitrogens with zero attached hydrogens (tertiary/aromatic N) is 4. The van der Waals surface area contributed by atoms with Gasteiger partial charge in [-0.05, 0) is 58.9 Å². The second-order valence-corrected chi connectivity index (χ2v) is 11.7. The van der Waals surface area contributed by atoms with E-state index in [4.69, 9.17) is 32.0 Å². The van der Waals surface area contributed by atoms with Crippen molar-refractivity contribution >= 4 is 34.7 Å². The Hall–Kier alpha value is -3.21. The van der Waals surface area contributed by atoms with Gasteiger partial charge in [0.1, 0.15) is 24.3 Å². The molecule has 4 N–H and O–H groups in total. The molecule has 0 unspecified atom stereocenters. The van der Waals surface area contributed by atoms with Crippen molar-refractivity contribution in [3.8, 4) is 17.1 Å². The maximum atomic E-state index is 12.7. The van der Waals surface area contributed by atoms with Gasteiger partial charge in [-0.25, -0.2) is 9.97 Å². The number of aromatic nitrogens is 2. The molecule has 1 spiro atoms. The fourth-order valence-electron chi connectivity index (χ4n) is 5.76. The van der Waals surface area contributed by atoms with E-state index in [9.17, 15) is 14.7 Å². The summed E-state index contributed by atoms with van der Waals surface area (Å²) in [6.07, 6.45) is 1.04. The lowest BCUT2D eigenvalue weighted by atomic mass is 9.57. The topological polar surface area (TPSA) is 134 Å². The highest BCUT2D eigenvalue weighted by molar-refractivity contribution is 6.33. The highest BCUT2D eigenvalue weighted by atomic mass is 35.5. The minimum atomic E-state index is -0.674. The van der Waals surface area contributed by atoms with Crippen molar-refractivity contribution in [2.24, 2.45) is 17.1 Å². The third kappa shape index (κ3) is 5.94. The summed E-state index contributed by atoms with van der Waals surface area (Å²) in [5.74, 6) is 1.61. The summed E-state index contributed by atoms with van der Waals surface area (Å²) in [5.41, 5.74) is 8.74. The van der Waals surface area contributed by atoms with Gasteiger partial charge in [-0.15, -0.1) is 0 Å². The van der Waals surface area contributed by atoms with Gasteiger partial charge in [0, 0.05) is 61.9 Å². The van der Waals surface area contributed by atoms with Gasteiger partial charge >= 0.3 is 0 Å². The summed E-state index contributed by atoms with van der Waals surface area (Å²) >= 11 is 6.62. The van der Waals surface area contributed by atoms with Crippen LogP contribution in [0.3, 0.4) is 0 Å². The molecule has 1 amide bonds. The molecule has 0 bridgehead atoms. The van der Waals surface area contributed by atoms with Crippen molar-refractivity contribution in [3.63, 3.8) is 0 Å². The number of halogens is 1. The quantitative estimate of drug-likeness (QED) is 0.368. The first-order chi connectivity index (χ1) is 18.9. The molecule has 2 fully saturated rings. The van der Waals surface area contributed by atoms with Crippen LogP contribution in [0.25, 0.3) is 17.0 Å². The normalized spacial score (nSPS) is 17.6. The number of amides is 1. The molecule has 216 valence electrons. The zero-order valence-electron chi connectivity index (χ0n) is 24.0. The number of allylic oxidation sites excluding steroid dienone is 2. The minimum Gasteiger partial charge on any atom is -0.491 e. The van der Waals surface area contributed by atoms with Crippen LogP contribution in [0.2, 0.25) is 5.02 Å². The Bertz CT molecular complexity index is 1330. The van der Waals surface area contributed by atoms with Crippen LogP contribution in [0.15, 0.2) is 23.9 Å². The van der Waals surface area contributed by atoms with Gasteiger partial charge in [0.15, 0.2) is 11.6 Å². The fourth-order valence-corrected chi connectivity index (χ4v) is 5.96. The average molecular weight is 571 g/mol. The Morgan fingerprint density at radius 3 is 2.52 bits per heavy atom. The number of hydrogen-bond acceptors (Lipinski definition) is 9. The second kappa shape index (κ2) is 11.7. The number of aliphatic hydroxyl groups excluding tert-OH is 1. The van der Waals surface area contributed by atoms with Crippen LogP contribution >= 0.6 is 11.6 Å². The van der Waals surface area contributed by atoms with E-state index in [1.165, 1.54) is 6.92 Å². The summed E-state index contributed by atoms with van der Waals surface area (Å²) in [6, 6.07) is 5.16. The van der Waals surface area contributed by atoms with Crippen LogP contribution in [0.5, 0.6) is 5.75 Å². The molecule has 2 aliphatic rings. The van der Waals surface area contributed by atoms with Gasteiger partial charge in [-0.2, -0.15) is 0 Å². The van der Waals surface area contributed by atoms with Crippen LogP contribution in [0.1, 0.15) is 37.9 Å². The van der Waals surface area contributed by atoms with Crippen LogP contribution in [0, 0.1) is 18.3 Å². The molecule has 11 heteroatoms. The number of carbonyl (C=O) groups excluding carboxylic acids is 2. The molecule has 4 rings (SSSR count). The molecule has 1 saturated carbocycles. The van der Waals surface area contributed by atoms with Gasteiger partial charge in [-0.1, -0.05) is 11.6 Å². The molecular weight excluding hydrogens is 532 g/mol. The molecule has 1 aromatic heterocycles. The molecule has 10 nitrogen and oxygen atoms in total. The Labute approximate surface area is 240 Å². The number of anilines is 1. The number of nitrogens with one attached hydrogen (secondary N) is 1. The number of carbonyl (C=O) groups is 2. The number of hydrogen-bond donors (Lipinski definition) is 3. The molecule has 0 radical (unpaired) electrons. The van der Waals surface area contributed by atoms with Crippen molar-refractivity contribution in [1.29, 1.82) is 0 Å². The van der Waals surface area contributed by atoms with Gasteiger partial charge in [0.05, 0.1) is 16.3 Å². The molecule has 1 atom stereocenters. The van der Waals surface area contributed by atoms with Crippen molar-refractivity contribution < 1.29 is 19.4 Å². The molecule has 1 aliphatic heterocycles. The Morgan fingerprint density at radius 1 is 1.27 bits per heavy atom. The summed E-state index contributed by atoms with van der Waals surface area (Å²) in [7, 11) is 5.35. The lowest BCUT2D eigenvalue weighted by molar-refractivity contribution is -0.142. The van der Waals surface area contributed by atoms with Crippen LogP contribution < -0.4 is 20.7 Å². The molecule has 1 aliphatic carbocycles. The van der Waals surface area contributed by atoms with E-state index in [0.717, 1.165) is 31.5 Å². The number of Topliss-reactive ketones (excluding diaryl/α,β-unsaturated/α-hetero) is 1. The van der Waals surface area contributed by atoms with Gasteiger partial charge in [0.2, 0.25) is 5.91 Å². The standard InChI is InChI=1S/C29H39ClN6O4/c1-16-25(24(17(2)31)18(3)37)33-26(22-9-21(7-8-23(22)30)40-13-20(38)12-32-4)34-27(16)36-14-29(15-36)10-19(11-29)28(39)35(5)6/h7-9,19-20,32,38H,10-15,31H2,1-6H3/t20-/m1/s1. The zero-order chi connectivity index (χ0) is 29.4. The first-order valence-electron chi connectivity index (χ1n) is 13.4. The predicted molar refractivity (Wildman–Crippen MR) is 156 cm³/mol. The van der Waals surface area contributed by atoms with E-state index in [2.05, 4.69) is 10.2 Å². The lowest BCUT2D eigenvalue weighted by Gasteiger charge is -2.59. The van der Waals surface area contributed by atoms with Crippen LogP contribution in [-0.4, -0.2) is 85.2 Å². The molecule has 2 heterocycles. The SMILES string of the molecule is CNC[C@@H](O)COc1ccc(Cl)c(-c2nc(C(C(C)=O)=C(C)N)c(C)c(N3CC4(CC(C(=O)N(C)C)C4)C3)n2)c1. The van der Waals surface area contributed by atoms with Gasteiger partial charge in [-0.3, -0.25) is 9.59 Å². The highest BCUT2D eigenvalue weighted by Gasteiger charge is 2.55. The summed E-state index contributed by atoms with van der Waals surface area (Å²) in [5, 5.41) is 13.4. The number of nitrogens with two attached hydrogens (primary N) is 1.